The SMILES string of the molecule is O=C(Nc1cc(Nc2cnccn2)nc(-c2ccnc(N3CC4CC3CN4C(=O)O)c2)c1)c1cccnc1. The molecule has 6 heterocycles. The van der Waals surface area contributed by atoms with Gasteiger partial charge in [-0.15, -0.1) is 0 Å². The number of nitrogens with zero attached hydrogens (tertiary/aromatic N) is 7. The molecule has 2 aliphatic rings. The summed E-state index contributed by atoms with van der Waals surface area (Å²) >= 11 is 0. The fraction of sp³-hybridized carbons (Fsp3) is 0.192. The molecule has 2 unspecified atom stereocenters. The molecular weight excluding hydrogens is 486 g/mol. The first-order chi connectivity index (χ1) is 18.5. The first kappa shape index (κ1) is 23.3. The predicted octanol–water partition coefficient (Wildman–Crippen LogP) is 3.27. The highest BCUT2D eigenvalue weighted by Gasteiger charge is 2.45. The summed E-state index contributed by atoms with van der Waals surface area (Å²) in [5.74, 6) is 1.44. The van der Waals surface area contributed by atoms with Crippen LogP contribution in [0.4, 0.5) is 27.9 Å². The van der Waals surface area contributed by atoms with Crippen molar-refractivity contribution in [1.29, 1.82) is 0 Å². The number of amides is 2. The van der Waals surface area contributed by atoms with Crippen LogP contribution in [0.15, 0.2) is 73.6 Å². The van der Waals surface area contributed by atoms with Gasteiger partial charge in [-0.2, -0.15) is 0 Å². The lowest BCUT2D eigenvalue weighted by Gasteiger charge is -2.33. The molecule has 2 aliphatic heterocycles. The van der Waals surface area contributed by atoms with Gasteiger partial charge in [0.25, 0.3) is 5.91 Å². The molecule has 12 nitrogen and oxygen atoms in total. The van der Waals surface area contributed by atoms with E-state index in [0.29, 0.717) is 41.7 Å². The van der Waals surface area contributed by atoms with Crippen molar-refractivity contribution in [1.82, 2.24) is 29.8 Å². The van der Waals surface area contributed by atoms with Crippen molar-refractivity contribution in [2.24, 2.45) is 0 Å². The Morgan fingerprint density at radius 1 is 0.921 bits per heavy atom. The lowest BCUT2D eigenvalue weighted by molar-refractivity contribution is 0.102. The first-order valence-electron chi connectivity index (χ1n) is 12.0. The summed E-state index contributed by atoms with van der Waals surface area (Å²) in [6.07, 6.45) is 9.46. The largest absolute Gasteiger partial charge is 0.465 e. The van der Waals surface area contributed by atoms with E-state index in [1.54, 1.807) is 55.2 Å². The highest BCUT2D eigenvalue weighted by molar-refractivity contribution is 6.04. The summed E-state index contributed by atoms with van der Waals surface area (Å²) in [6, 6.07) is 10.7. The summed E-state index contributed by atoms with van der Waals surface area (Å²) in [4.78, 5) is 49.6. The summed E-state index contributed by atoms with van der Waals surface area (Å²) in [6.45, 7) is 1.06. The minimum absolute atomic E-state index is 0.0325. The molecule has 0 spiro atoms. The number of rotatable bonds is 6. The van der Waals surface area contributed by atoms with E-state index < -0.39 is 6.09 Å². The lowest BCUT2D eigenvalue weighted by Crippen LogP contribution is -2.48. The molecule has 2 bridgehead atoms. The van der Waals surface area contributed by atoms with Crippen LogP contribution < -0.4 is 15.5 Å². The van der Waals surface area contributed by atoms with E-state index >= 15 is 0 Å². The van der Waals surface area contributed by atoms with Crippen molar-refractivity contribution in [2.75, 3.05) is 28.6 Å². The number of likely N-dealkylation sites (tertiary alicyclic amines) is 1. The van der Waals surface area contributed by atoms with Crippen LogP contribution in [0.25, 0.3) is 11.3 Å². The van der Waals surface area contributed by atoms with Gasteiger partial charge < -0.3 is 25.5 Å². The third-order valence-corrected chi connectivity index (χ3v) is 6.65. The first-order valence-corrected chi connectivity index (χ1v) is 12.0. The molecular formula is C26H23N9O3. The van der Waals surface area contributed by atoms with Gasteiger partial charge in [0, 0.05) is 61.4 Å². The number of carboxylic acid groups (broad SMARTS) is 1. The predicted molar refractivity (Wildman–Crippen MR) is 139 cm³/mol. The second-order valence-electron chi connectivity index (χ2n) is 9.07. The quantitative estimate of drug-likeness (QED) is 0.353. The maximum Gasteiger partial charge on any atom is 0.407 e. The number of fused-ring (bicyclic) bond motifs is 2. The zero-order valence-corrected chi connectivity index (χ0v) is 20.1. The highest BCUT2D eigenvalue weighted by Crippen LogP contribution is 2.35. The number of piperazine rings is 1. The third kappa shape index (κ3) is 4.66. The molecule has 12 heteroatoms. The molecule has 2 amide bonds. The number of aromatic nitrogens is 5. The normalized spacial score (nSPS) is 17.9. The average Bonchev–Trinajstić information content (AvgIpc) is 3.56. The Morgan fingerprint density at radius 2 is 1.82 bits per heavy atom. The Labute approximate surface area is 217 Å². The lowest BCUT2D eigenvalue weighted by atomic mass is 10.1. The van der Waals surface area contributed by atoms with Crippen LogP contribution in [0.5, 0.6) is 0 Å². The molecule has 0 saturated carbocycles. The number of anilines is 4. The van der Waals surface area contributed by atoms with Crippen molar-refractivity contribution >= 4 is 35.1 Å². The molecule has 0 radical (unpaired) electrons. The smallest absolute Gasteiger partial charge is 0.407 e. The van der Waals surface area contributed by atoms with Gasteiger partial charge in [0.05, 0.1) is 29.5 Å². The van der Waals surface area contributed by atoms with Crippen molar-refractivity contribution in [3.05, 3.63) is 79.1 Å². The second kappa shape index (κ2) is 9.73. The van der Waals surface area contributed by atoms with E-state index in [1.807, 2.05) is 12.1 Å². The van der Waals surface area contributed by atoms with Crippen molar-refractivity contribution in [2.45, 2.75) is 18.5 Å². The van der Waals surface area contributed by atoms with Gasteiger partial charge in [-0.05, 0) is 36.8 Å². The number of carbonyl (C=O) groups excluding carboxylic acids is 1. The third-order valence-electron chi connectivity index (χ3n) is 6.65. The molecule has 2 atom stereocenters. The number of pyridine rings is 3. The standard InChI is InChI=1S/C26H23N9O3/c36-25(17-2-1-4-27-12-17)31-18-9-21(32-22(10-18)33-23-13-28-6-7-29-23)16-3-5-30-24(8-16)34-14-20-11-19(34)15-35(20)26(37)38/h1-10,12-13,19-20H,11,14-15H2,(H,37,38)(H2,29,31,32,33,36). The van der Waals surface area contributed by atoms with Gasteiger partial charge in [0.2, 0.25) is 0 Å². The molecule has 190 valence electrons. The van der Waals surface area contributed by atoms with E-state index in [9.17, 15) is 14.7 Å². The van der Waals surface area contributed by atoms with E-state index in [0.717, 1.165) is 17.8 Å². The summed E-state index contributed by atoms with van der Waals surface area (Å²) < 4.78 is 0. The van der Waals surface area contributed by atoms with Gasteiger partial charge >= 0.3 is 6.09 Å². The Bertz CT molecular complexity index is 1490. The van der Waals surface area contributed by atoms with E-state index in [4.69, 9.17) is 4.98 Å². The Hall–Kier alpha value is -5.13. The number of hydrogen-bond donors (Lipinski definition) is 3. The van der Waals surface area contributed by atoms with Crippen LogP contribution in [-0.4, -0.2) is 72.1 Å². The zero-order chi connectivity index (χ0) is 26.1. The molecule has 2 fully saturated rings. The van der Waals surface area contributed by atoms with Crippen LogP contribution in [0.3, 0.4) is 0 Å². The Morgan fingerprint density at radius 3 is 2.55 bits per heavy atom. The molecule has 3 N–H and O–H groups in total. The summed E-state index contributed by atoms with van der Waals surface area (Å²) in [5.41, 5.74) is 2.37. The molecule has 6 rings (SSSR count). The number of carbonyl (C=O) groups is 2. The molecule has 4 aromatic heterocycles. The zero-order valence-electron chi connectivity index (χ0n) is 20.1. The van der Waals surface area contributed by atoms with Gasteiger partial charge in [-0.3, -0.25) is 14.8 Å². The highest BCUT2D eigenvalue weighted by atomic mass is 16.4. The van der Waals surface area contributed by atoms with Crippen molar-refractivity contribution < 1.29 is 14.7 Å². The molecule has 2 saturated heterocycles. The van der Waals surface area contributed by atoms with Crippen LogP contribution in [0.2, 0.25) is 0 Å². The summed E-state index contributed by atoms with van der Waals surface area (Å²) in [7, 11) is 0. The number of hydrogen-bond acceptors (Lipinski definition) is 9. The van der Waals surface area contributed by atoms with E-state index in [1.165, 1.54) is 11.1 Å². The Balaban J connectivity index is 1.31. The van der Waals surface area contributed by atoms with Crippen molar-refractivity contribution in [3.8, 4) is 11.3 Å². The van der Waals surface area contributed by atoms with Crippen LogP contribution >= 0.6 is 0 Å². The fourth-order valence-corrected chi connectivity index (χ4v) is 4.93. The fourth-order valence-electron chi connectivity index (χ4n) is 4.93. The van der Waals surface area contributed by atoms with Crippen LogP contribution in [0, 0.1) is 0 Å². The maximum absolute atomic E-state index is 12.8. The minimum Gasteiger partial charge on any atom is -0.465 e. The monoisotopic (exact) mass is 509 g/mol. The van der Waals surface area contributed by atoms with Gasteiger partial charge in [0.1, 0.15) is 17.5 Å². The molecule has 0 aromatic carbocycles. The number of nitrogens with one attached hydrogen (secondary N) is 2. The summed E-state index contributed by atoms with van der Waals surface area (Å²) in [5, 5.41) is 15.5. The maximum atomic E-state index is 12.8. The van der Waals surface area contributed by atoms with Crippen molar-refractivity contribution in [3.63, 3.8) is 0 Å². The van der Waals surface area contributed by atoms with E-state index in [2.05, 4.69) is 35.5 Å². The topological polar surface area (TPSA) is 149 Å². The van der Waals surface area contributed by atoms with E-state index in [-0.39, 0.29) is 18.0 Å². The van der Waals surface area contributed by atoms with Crippen LogP contribution in [-0.2, 0) is 0 Å². The Kier molecular flexibility index (Phi) is 5.96. The average molecular weight is 510 g/mol. The van der Waals surface area contributed by atoms with Crippen LogP contribution in [0.1, 0.15) is 16.8 Å². The van der Waals surface area contributed by atoms with Gasteiger partial charge in [-0.25, -0.2) is 19.7 Å². The van der Waals surface area contributed by atoms with Gasteiger partial charge in [0.15, 0.2) is 0 Å². The second-order valence-corrected chi connectivity index (χ2v) is 9.07. The van der Waals surface area contributed by atoms with Gasteiger partial charge in [-0.1, -0.05) is 0 Å². The molecule has 0 aliphatic carbocycles. The minimum atomic E-state index is -0.878. The molecule has 4 aromatic rings. The molecule has 38 heavy (non-hydrogen) atoms.